The Morgan fingerprint density at radius 2 is 2.19 bits per heavy atom. The zero-order valence-corrected chi connectivity index (χ0v) is 12.4. The van der Waals surface area contributed by atoms with Gasteiger partial charge in [-0.15, -0.1) is 11.3 Å². The molecule has 1 aromatic carbocycles. The average molecular weight is 332 g/mol. The van der Waals surface area contributed by atoms with E-state index >= 15 is 0 Å². The first-order valence-electron chi connectivity index (χ1n) is 6.11. The van der Waals surface area contributed by atoms with E-state index in [0.717, 1.165) is 4.88 Å². The van der Waals surface area contributed by atoms with E-state index in [4.69, 9.17) is 11.6 Å². The first kappa shape index (κ1) is 15.7. The summed E-state index contributed by atoms with van der Waals surface area (Å²) in [6.07, 6.45) is 0.997. The predicted octanol–water partition coefficient (Wildman–Crippen LogP) is 4.57. The van der Waals surface area contributed by atoms with Gasteiger partial charge in [0.05, 0.1) is 5.02 Å². The minimum Gasteiger partial charge on any atom is -0.433 e. The Labute approximate surface area is 129 Å². The highest BCUT2D eigenvalue weighted by atomic mass is 35.5. The van der Waals surface area contributed by atoms with Gasteiger partial charge in [0.1, 0.15) is 5.75 Å². The van der Waals surface area contributed by atoms with Crippen LogP contribution in [-0.4, -0.2) is 12.5 Å². The van der Waals surface area contributed by atoms with Crippen LogP contribution in [0.15, 0.2) is 35.7 Å². The van der Waals surface area contributed by atoms with E-state index in [1.54, 1.807) is 11.3 Å². The minimum absolute atomic E-state index is 0.0198. The van der Waals surface area contributed by atoms with Crippen molar-refractivity contribution in [3.63, 3.8) is 0 Å². The number of thiophene rings is 1. The molecule has 1 amide bonds. The van der Waals surface area contributed by atoms with Crippen LogP contribution in [0.4, 0.5) is 14.5 Å². The fraction of sp³-hybridized carbons (Fsp3) is 0.214. The van der Waals surface area contributed by atoms with Gasteiger partial charge >= 0.3 is 6.61 Å². The molecule has 21 heavy (non-hydrogen) atoms. The first-order valence-corrected chi connectivity index (χ1v) is 7.37. The summed E-state index contributed by atoms with van der Waals surface area (Å²) in [5.74, 6) is -0.287. The molecule has 0 aliphatic heterocycles. The summed E-state index contributed by atoms with van der Waals surface area (Å²) in [6.45, 7) is -2.94. The van der Waals surface area contributed by atoms with Crippen LogP contribution >= 0.6 is 22.9 Å². The van der Waals surface area contributed by atoms with Crippen molar-refractivity contribution in [2.24, 2.45) is 0 Å². The Bertz CT molecular complexity index is 605. The van der Waals surface area contributed by atoms with Crippen molar-refractivity contribution in [1.29, 1.82) is 0 Å². The van der Waals surface area contributed by atoms with Crippen molar-refractivity contribution in [1.82, 2.24) is 0 Å². The van der Waals surface area contributed by atoms with E-state index in [1.807, 2.05) is 17.5 Å². The van der Waals surface area contributed by atoms with Crippen molar-refractivity contribution in [2.75, 3.05) is 5.32 Å². The Kier molecular flexibility index (Phi) is 5.52. The van der Waals surface area contributed by atoms with Crippen molar-refractivity contribution >= 4 is 34.5 Å². The summed E-state index contributed by atoms with van der Waals surface area (Å²) in [6, 6.07) is 8.03. The molecule has 0 saturated carbocycles. The number of hydrogen-bond donors (Lipinski definition) is 1. The van der Waals surface area contributed by atoms with Crippen LogP contribution in [0.3, 0.4) is 0 Å². The van der Waals surface area contributed by atoms with Gasteiger partial charge in [0.25, 0.3) is 0 Å². The highest BCUT2D eigenvalue weighted by Gasteiger charge is 2.10. The standard InChI is InChI=1S/C14H12ClF2NO2S/c15-11-8-9(3-5-12(11)20-14(16)17)18-13(19)6-4-10-2-1-7-21-10/h1-3,5,7-8,14H,4,6H2,(H,18,19). The molecule has 0 aliphatic rings. The molecule has 7 heteroatoms. The molecule has 0 radical (unpaired) electrons. The summed E-state index contributed by atoms with van der Waals surface area (Å²) in [5, 5.41) is 4.64. The summed E-state index contributed by atoms with van der Waals surface area (Å²) in [4.78, 5) is 12.9. The monoisotopic (exact) mass is 331 g/mol. The maximum atomic E-state index is 12.1. The number of carbonyl (C=O) groups is 1. The molecular formula is C14H12ClF2NO2S. The third-order valence-electron chi connectivity index (χ3n) is 2.61. The molecule has 0 spiro atoms. The summed E-state index contributed by atoms with van der Waals surface area (Å²) in [7, 11) is 0. The molecule has 112 valence electrons. The molecule has 0 bridgehead atoms. The van der Waals surface area contributed by atoms with Gasteiger partial charge in [0.15, 0.2) is 0 Å². The van der Waals surface area contributed by atoms with Crippen molar-refractivity contribution in [3.05, 3.63) is 45.6 Å². The third-order valence-corrected chi connectivity index (χ3v) is 3.84. The predicted molar refractivity (Wildman–Crippen MR) is 79.4 cm³/mol. The molecular weight excluding hydrogens is 320 g/mol. The van der Waals surface area contributed by atoms with Crippen LogP contribution in [0.25, 0.3) is 0 Å². The van der Waals surface area contributed by atoms with E-state index < -0.39 is 6.61 Å². The Hall–Kier alpha value is -1.66. The normalized spacial score (nSPS) is 10.7. The molecule has 0 fully saturated rings. The summed E-state index contributed by atoms with van der Waals surface area (Å²) >= 11 is 7.40. The van der Waals surface area contributed by atoms with E-state index in [9.17, 15) is 13.6 Å². The molecule has 2 rings (SSSR count). The molecule has 2 aromatic rings. The number of aryl methyl sites for hydroxylation is 1. The highest BCUT2D eigenvalue weighted by molar-refractivity contribution is 7.09. The maximum absolute atomic E-state index is 12.1. The number of benzene rings is 1. The largest absolute Gasteiger partial charge is 0.433 e. The Balaban J connectivity index is 1.90. The van der Waals surface area contributed by atoms with Crippen LogP contribution in [0, 0.1) is 0 Å². The maximum Gasteiger partial charge on any atom is 0.387 e. The summed E-state index contributed by atoms with van der Waals surface area (Å²) in [5.41, 5.74) is 0.442. The molecule has 1 N–H and O–H groups in total. The van der Waals surface area contributed by atoms with E-state index in [-0.39, 0.29) is 16.7 Å². The van der Waals surface area contributed by atoms with E-state index in [1.165, 1.54) is 18.2 Å². The van der Waals surface area contributed by atoms with Gasteiger partial charge in [-0.05, 0) is 36.1 Å². The topological polar surface area (TPSA) is 38.3 Å². The fourth-order valence-electron chi connectivity index (χ4n) is 1.69. The average Bonchev–Trinajstić information content (AvgIpc) is 2.92. The number of anilines is 1. The minimum atomic E-state index is -2.94. The number of alkyl halides is 2. The van der Waals surface area contributed by atoms with Gasteiger partial charge in [0.2, 0.25) is 5.91 Å². The van der Waals surface area contributed by atoms with Crippen LogP contribution < -0.4 is 10.1 Å². The lowest BCUT2D eigenvalue weighted by molar-refractivity contribution is -0.116. The number of rotatable bonds is 6. The van der Waals surface area contributed by atoms with Crippen LogP contribution in [0.1, 0.15) is 11.3 Å². The smallest absolute Gasteiger partial charge is 0.387 e. The van der Waals surface area contributed by atoms with E-state index in [2.05, 4.69) is 10.1 Å². The molecule has 0 unspecified atom stereocenters. The second kappa shape index (κ2) is 7.38. The van der Waals surface area contributed by atoms with Gasteiger partial charge in [-0.25, -0.2) is 0 Å². The number of amides is 1. The lowest BCUT2D eigenvalue weighted by Crippen LogP contribution is -2.12. The molecule has 0 saturated heterocycles. The van der Waals surface area contributed by atoms with Gasteiger partial charge in [-0.1, -0.05) is 17.7 Å². The number of nitrogens with one attached hydrogen (secondary N) is 1. The number of carbonyl (C=O) groups excluding carboxylic acids is 1. The second-order valence-corrected chi connectivity index (χ2v) is 5.59. The number of halogens is 3. The highest BCUT2D eigenvalue weighted by Crippen LogP contribution is 2.29. The second-order valence-electron chi connectivity index (χ2n) is 4.15. The Morgan fingerprint density at radius 3 is 2.81 bits per heavy atom. The number of hydrogen-bond acceptors (Lipinski definition) is 3. The quantitative estimate of drug-likeness (QED) is 0.841. The lowest BCUT2D eigenvalue weighted by atomic mass is 10.2. The summed E-state index contributed by atoms with van der Waals surface area (Å²) < 4.78 is 28.4. The lowest BCUT2D eigenvalue weighted by Gasteiger charge is -2.09. The molecule has 1 heterocycles. The van der Waals surface area contributed by atoms with Crippen molar-refractivity contribution < 1.29 is 18.3 Å². The van der Waals surface area contributed by atoms with E-state index in [0.29, 0.717) is 18.5 Å². The molecule has 1 aromatic heterocycles. The van der Waals surface area contributed by atoms with Gasteiger partial charge in [-0.2, -0.15) is 8.78 Å². The Morgan fingerprint density at radius 1 is 1.38 bits per heavy atom. The fourth-order valence-corrected chi connectivity index (χ4v) is 2.62. The zero-order valence-electron chi connectivity index (χ0n) is 10.8. The van der Waals surface area contributed by atoms with Crippen LogP contribution in [-0.2, 0) is 11.2 Å². The molecule has 0 atom stereocenters. The SMILES string of the molecule is O=C(CCc1cccs1)Nc1ccc(OC(F)F)c(Cl)c1. The van der Waals surface area contributed by atoms with Crippen molar-refractivity contribution in [3.8, 4) is 5.75 Å². The third kappa shape index (κ3) is 4.99. The van der Waals surface area contributed by atoms with Crippen LogP contribution in [0.5, 0.6) is 5.75 Å². The van der Waals surface area contributed by atoms with Crippen LogP contribution in [0.2, 0.25) is 5.02 Å². The van der Waals surface area contributed by atoms with Gasteiger partial charge in [-0.3, -0.25) is 4.79 Å². The van der Waals surface area contributed by atoms with Crippen molar-refractivity contribution in [2.45, 2.75) is 19.5 Å². The van der Waals surface area contributed by atoms with Gasteiger partial charge in [0, 0.05) is 17.0 Å². The molecule has 3 nitrogen and oxygen atoms in total. The van der Waals surface area contributed by atoms with Gasteiger partial charge < -0.3 is 10.1 Å². The first-order chi connectivity index (χ1) is 10.0. The zero-order chi connectivity index (χ0) is 15.2. The number of ether oxygens (including phenoxy) is 1. The molecule has 0 aliphatic carbocycles.